The summed E-state index contributed by atoms with van der Waals surface area (Å²) in [5, 5.41) is 22.6. The molecule has 2 aromatic heterocycles. The highest BCUT2D eigenvalue weighted by Gasteiger charge is 2.57. The molecule has 0 spiro atoms. The lowest BCUT2D eigenvalue weighted by atomic mass is 9.77. The van der Waals surface area contributed by atoms with Crippen LogP contribution in [0.2, 0.25) is 0 Å². The summed E-state index contributed by atoms with van der Waals surface area (Å²) in [6.07, 6.45) is 3.41. The normalized spacial score (nSPS) is 20.2. The molecule has 14 heteroatoms. The van der Waals surface area contributed by atoms with Crippen molar-refractivity contribution in [2.24, 2.45) is 10.6 Å². The number of nitrogens with one attached hydrogen (secondary N) is 2. The molecule has 2 saturated heterocycles. The molecule has 2 aliphatic rings. The SMILES string of the molecule is CON=C(C(=O)NC1C(=O)N2CC(C=Cc3scnc3C)(C(=O)O)CS[C@H]12)c1csc(NC(c2ccccc2)(c2ccccc2)c2ccccc2)n1. The van der Waals surface area contributed by atoms with Crippen molar-refractivity contribution in [3.05, 3.63) is 141 Å². The molecule has 5 aromatic rings. The molecule has 3 aromatic carbocycles. The van der Waals surface area contributed by atoms with Crippen molar-refractivity contribution in [3.63, 3.8) is 0 Å². The van der Waals surface area contributed by atoms with Crippen LogP contribution >= 0.6 is 34.4 Å². The summed E-state index contributed by atoms with van der Waals surface area (Å²) in [7, 11) is 1.34. The zero-order valence-corrected chi connectivity index (χ0v) is 30.6. The van der Waals surface area contributed by atoms with E-state index in [9.17, 15) is 19.5 Å². The van der Waals surface area contributed by atoms with Gasteiger partial charge in [0.1, 0.15) is 35.2 Å². The van der Waals surface area contributed by atoms with E-state index in [0.29, 0.717) is 5.13 Å². The van der Waals surface area contributed by atoms with E-state index in [1.807, 2.05) is 61.5 Å². The first-order valence-corrected chi connectivity index (χ1v) is 19.1. The van der Waals surface area contributed by atoms with Gasteiger partial charge >= 0.3 is 5.97 Å². The highest BCUT2D eigenvalue weighted by molar-refractivity contribution is 8.00. The topological polar surface area (TPSA) is 146 Å². The first kappa shape index (κ1) is 35.1. The first-order valence-electron chi connectivity index (χ1n) is 16.3. The number of amides is 2. The van der Waals surface area contributed by atoms with E-state index in [2.05, 4.69) is 57.2 Å². The highest BCUT2D eigenvalue weighted by atomic mass is 32.2. The standard InChI is InChI=1S/C38H34N6O5S3/c1-24-29(52-23-39-24)18-19-37(35(47)48)21-44-33(46)31(34(44)51-22-37)41-32(45)30(43-49-2)28-20-50-36(40-28)42-38(25-12-6-3-7-13-25,26-14-8-4-9-15-26)27-16-10-5-11-17-27/h3-20,23,31,34H,21-22H2,1-2H3,(H,40,42)(H,41,45)(H,47,48)/t31?,34-,37?/m1/s1. The largest absolute Gasteiger partial charge is 0.481 e. The molecule has 3 atom stereocenters. The molecule has 11 nitrogen and oxygen atoms in total. The molecule has 264 valence electrons. The summed E-state index contributed by atoms with van der Waals surface area (Å²) < 4.78 is 0. The number of β-lactam (4-membered cyclic amide) rings is 1. The quantitative estimate of drug-likeness (QED) is 0.0619. The van der Waals surface area contributed by atoms with Crippen LogP contribution in [-0.2, 0) is 24.8 Å². The monoisotopic (exact) mass is 750 g/mol. The van der Waals surface area contributed by atoms with Gasteiger partial charge in [-0.1, -0.05) is 102 Å². The maximum Gasteiger partial charge on any atom is 0.316 e. The third-order valence-corrected chi connectivity index (χ3v) is 12.4. The van der Waals surface area contributed by atoms with Crippen molar-refractivity contribution < 1.29 is 24.3 Å². The fourth-order valence-electron chi connectivity index (χ4n) is 6.49. The van der Waals surface area contributed by atoms with Gasteiger partial charge < -0.3 is 25.5 Å². The van der Waals surface area contributed by atoms with Gasteiger partial charge in [-0.25, -0.2) is 9.97 Å². The second-order valence-corrected chi connectivity index (χ2v) is 15.2. The number of thiazole rings is 2. The van der Waals surface area contributed by atoms with Gasteiger partial charge in [-0.3, -0.25) is 14.4 Å². The Labute approximate surface area is 312 Å². The number of aliphatic carboxylic acids is 1. The van der Waals surface area contributed by atoms with Gasteiger partial charge in [-0.15, -0.1) is 34.4 Å². The minimum absolute atomic E-state index is 0.00825. The predicted molar refractivity (Wildman–Crippen MR) is 204 cm³/mol. The Bertz CT molecular complexity index is 2040. The molecule has 3 N–H and O–H groups in total. The molecule has 0 saturated carbocycles. The minimum Gasteiger partial charge on any atom is -0.481 e. The predicted octanol–water partition coefficient (Wildman–Crippen LogP) is 5.85. The molecule has 7 rings (SSSR count). The minimum atomic E-state index is -1.27. The zero-order chi connectivity index (χ0) is 36.3. The number of carbonyl (C=O) groups excluding carboxylic acids is 2. The smallest absolute Gasteiger partial charge is 0.316 e. The number of carboxylic acid groups (broad SMARTS) is 1. The van der Waals surface area contributed by atoms with Crippen LogP contribution in [-0.4, -0.2) is 74.3 Å². The number of fused-ring (bicyclic) bond motifs is 1. The number of carboxylic acids is 1. The number of oxime groups is 1. The van der Waals surface area contributed by atoms with Crippen molar-refractivity contribution in [3.8, 4) is 0 Å². The number of carbonyl (C=O) groups is 3. The number of aromatic nitrogens is 2. The fraction of sp³-hybridized carbons (Fsp3) is 0.211. The van der Waals surface area contributed by atoms with Crippen LogP contribution in [0.3, 0.4) is 0 Å². The summed E-state index contributed by atoms with van der Waals surface area (Å²) in [6, 6.07) is 29.4. The van der Waals surface area contributed by atoms with Crippen molar-refractivity contribution >= 4 is 69.1 Å². The molecule has 0 aliphatic carbocycles. The number of thioether (sulfide) groups is 1. The maximum atomic E-state index is 13.7. The lowest BCUT2D eigenvalue weighted by Gasteiger charge is -2.53. The van der Waals surface area contributed by atoms with E-state index in [0.717, 1.165) is 27.3 Å². The van der Waals surface area contributed by atoms with Crippen LogP contribution in [0.25, 0.3) is 6.08 Å². The highest BCUT2D eigenvalue weighted by Crippen LogP contribution is 2.44. The number of aryl methyl sites for hydroxylation is 1. The Morgan fingerprint density at radius 2 is 1.62 bits per heavy atom. The molecule has 2 aliphatic heterocycles. The molecule has 2 fully saturated rings. The number of hydrogen-bond acceptors (Lipinski definition) is 11. The van der Waals surface area contributed by atoms with Gasteiger partial charge in [-0.05, 0) is 29.7 Å². The molecular formula is C38H34N6O5S3. The molecule has 2 unspecified atom stereocenters. The Balaban J connectivity index is 1.12. The van der Waals surface area contributed by atoms with Crippen molar-refractivity contribution in [1.82, 2.24) is 20.2 Å². The first-order chi connectivity index (χ1) is 25.3. The number of anilines is 1. The van der Waals surface area contributed by atoms with E-state index >= 15 is 0 Å². The molecule has 2 amide bonds. The van der Waals surface area contributed by atoms with Gasteiger partial charge in [0.2, 0.25) is 5.91 Å². The van der Waals surface area contributed by atoms with Gasteiger partial charge in [0.15, 0.2) is 10.8 Å². The van der Waals surface area contributed by atoms with Crippen LogP contribution in [0.5, 0.6) is 0 Å². The zero-order valence-electron chi connectivity index (χ0n) is 28.1. The van der Waals surface area contributed by atoms with Crippen molar-refractivity contribution in [1.29, 1.82) is 0 Å². The summed E-state index contributed by atoms with van der Waals surface area (Å²) in [4.78, 5) is 56.1. The van der Waals surface area contributed by atoms with Crippen LogP contribution in [0.15, 0.2) is 113 Å². The third kappa shape index (κ3) is 6.49. The molecular weight excluding hydrogens is 717 g/mol. The summed E-state index contributed by atoms with van der Waals surface area (Å²) in [5.74, 6) is -1.79. The van der Waals surface area contributed by atoms with Gasteiger partial charge in [0.05, 0.1) is 11.2 Å². The van der Waals surface area contributed by atoms with Crippen molar-refractivity contribution in [2.45, 2.75) is 23.9 Å². The summed E-state index contributed by atoms with van der Waals surface area (Å²) in [5.41, 5.74) is 3.56. The third-order valence-electron chi connectivity index (χ3n) is 9.21. The van der Waals surface area contributed by atoms with E-state index in [1.54, 1.807) is 23.0 Å². The van der Waals surface area contributed by atoms with E-state index in [4.69, 9.17) is 9.82 Å². The van der Waals surface area contributed by atoms with E-state index in [-0.39, 0.29) is 29.6 Å². The Hall–Kier alpha value is -5.31. The Morgan fingerprint density at radius 3 is 2.15 bits per heavy atom. The van der Waals surface area contributed by atoms with Crippen LogP contribution in [0, 0.1) is 12.3 Å². The number of hydrogen-bond donors (Lipinski definition) is 3. The average Bonchev–Trinajstić information content (AvgIpc) is 3.83. The number of nitrogens with zero attached hydrogens (tertiary/aromatic N) is 4. The second kappa shape index (κ2) is 14.7. The fourth-order valence-corrected chi connectivity index (χ4v) is 9.45. The van der Waals surface area contributed by atoms with Crippen LogP contribution < -0.4 is 10.6 Å². The van der Waals surface area contributed by atoms with Gasteiger partial charge in [0, 0.05) is 22.6 Å². The Morgan fingerprint density at radius 1 is 1.00 bits per heavy atom. The molecule has 52 heavy (non-hydrogen) atoms. The summed E-state index contributed by atoms with van der Waals surface area (Å²) >= 11 is 4.05. The Kier molecular flexibility index (Phi) is 9.95. The second-order valence-electron chi connectivity index (χ2n) is 12.3. The van der Waals surface area contributed by atoms with Crippen LogP contribution in [0.4, 0.5) is 5.13 Å². The number of benzene rings is 3. The molecule has 0 bridgehead atoms. The maximum absolute atomic E-state index is 13.7. The van der Waals surface area contributed by atoms with Gasteiger partial charge in [0.25, 0.3) is 5.91 Å². The molecule has 0 radical (unpaired) electrons. The van der Waals surface area contributed by atoms with E-state index in [1.165, 1.54) is 46.4 Å². The van der Waals surface area contributed by atoms with Crippen molar-refractivity contribution in [2.75, 3.05) is 24.7 Å². The lowest BCUT2D eigenvalue weighted by molar-refractivity contribution is -0.155. The lowest BCUT2D eigenvalue weighted by Crippen LogP contribution is -2.73. The van der Waals surface area contributed by atoms with E-state index < -0.39 is 34.2 Å². The van der Waals surface area contributed by atoms with Crippen LogP contribution in [0.1, 0.15) is 33.0 Å². The summed E-state index contributed by atoms with van der Waals surface area (Å²) in [6.45, 7) is 1.85. The van der Waals surface area contributed by atoms with Gasteiger partial charge in [-0.2, -0.15) is 0 Å². The average molecular weight is 751 g/mol. The molecule has 4 heterocycles. The number of rotatable bonds is 12.